The highest BCUT2D eigenvalue weighted by Crippen LogP contribution is 2.32. The number of esters is 2. The SMILES string of the molecule is CCC(C)C(=O)OCC(=O)OC(C)(C)c1ccc2c(ccc3cccc(C)c32)c1. The molecule has 0 aliphatic rings. The topological polar surface area (TPSA) is 52.6 Å². The Labute approximate surface area is 171 Å². The van der Waals surface area contributed by atoms with E-state index in [9.17, 15) is 9.59 Å². The van der Waals surface area contributed by atoms with E-state index >= 15 is 0 Å². The molecule has 0 N–H and O–H groups in total. The number of aryl methyl sites for hydroxylation is 1. The number of carbonyl (C=O) groups excluding carboxylic acids is 2. The smallest absolute Gasteiger partial charge is 0.345 e. The lowest BCUT2D eigenvalue weighted by molar-refractivity contribution is -0.169. The normalized spacial score (nSPS) is 12.7. The third-order valence-electron chi connectivity index (χ3n) is 5.48. The zero-order valence-electron chi connectivity index (χ0n) is 17.7. The van der Waals surface area contributed by atoms with Crippen LogP contribution in [0.25, 0.3) is 21.5 Å². The van der Waals surface area contributed by atoms with Crippen molar-refractivity contribution in [3.05, 3.63) is 59.7 Å². The molecule has 152 valence electrons. The Hall–Kier alpha value is -2.88. The third-order valence-corrected chi connectivity index (χ3v) is 5.48. The largest absolute Gasteiger partial charge is 0.453 e. The van der Waals surface area contributed by atoms with Gasteiger partial charge in [0.05, 0.1) is 5.92 Å². The lowest BCUT2D eigenvalue weighted by atomic mass is 9.92. The quantitative estimate of drug-likeness (QED) is 0.401. The number of benzene rings is 3. The van der Waals surface area contributed by atoms with Crippen LogP contribution in [-0.2, 0) is 24.7 Å². The van der Waals surface area contributed by atoms with Crippen LogP contribution < -0.4 is 0 Å². The molecule has 0 aliphatic carbocycles. The molecule has 1 atom stereocenters. The first-order valence-electron chi connectivity index (χ1n) is 10.0. The third kappa shape index (κ3) is 4.42. The van der Waals surface area contributed by atoms with Crippen molar-refractivity contribution in [2.24, 2.45) is 5.92 Å². The molecular formula is C25H28O4. The van der Waals surface area contributed by atoms with Gasteiger partial charge in [-0.25, -0.2) is 4.79 Å². The van der Waals surface area contributed by atoms with E-state index < -0.39 is 11.6 Å². The average Bonchev–Trinajstić information content (AvgIpc) is 2.70. The Bertz CT molecular complexity index is 1070. The summed E-state index contributed by atoms with van der Waals surface area (Å²) in [7, 11) is 0. The van der Waals surface area contributed by atoms with Crippen LogP contribution in [0, 0.1) is 12.8 Å². The second kappa shape index (κ2) is 8.24. The highest BCUT2D eigenvalue weighted by Gasteiger charge is 2.26. The molecule has 0 aliphatic heterocycles. The molecule has 0 heterocycles. The van der Waals surface area contributed by atoms with Gasteiger partial charge < -0.3 is 9.47 Å². The van der Waals surface area contributed by atoms with E-state index in [1.54, 1.807) is 6.92 Å². The van der Waals surface area contributed by atoms with Crippen LogP contribution >= 0.6 is 0 Å². The van der Waals surface area contributed by atoms with E-state index in [2.05, 4.69) is 49.4 Å². The van der Waals surface area contributed by atoms with Crippen molar-refractivity contribution in [1.82, 2.24) is 0 Å². The molecule has 0 aromatic heterocycles. The Morgan fingerprint density at radius 1 is 1.03 bits per heavy atom. The number of fused-ring (bicyclic) bond motifs is 3. The van der Waals surface area contributed by atoms with E-state index in [1.807, 2.05) is 26.8 Å². The second-order valence-corrected chi connectivity index (χ2v) is 8.08. The number of hydrogen-bond acceptors (Lipinski definition) is 4. The molecule has 0 spiro atoms. The molecule has 1 unspecified atom stereocenters. The van der Waals surface area contributed by atoms with Crippen molar-refractivity contribution < 1.29 is 19.1 Å². The summed E-state index contributed by atoms with van der Waals surface area (Å²) in [6.07, 6.45) is 0.671. The molecule has 3 rings (SSSR count). The van der Waals surface area contributed by atoms with Gasteiger partial charge in [0.25, 0.3) is 0 Å². The van der Waals surface area contributed by atoms with Crippen molar-refractivity contribution >= 4 is 33.5 Å². The second-order valence-electron chi connectivity index (χ2n) is 8.08. The minimum atomic E-state index is -0.839. The molecule has 0 amide bonds. The number of carbonyl (C=O) groups is 2. The van der Waals surface area contributed by atoms with E-state index in [1.165, 1.54) is 21.7 Å². The van der Waals surface area contributed by atoms with Gasteiger partial charge in [-0.1, -0.05) is 56.3 Å². The summed E-state index contributed by atoms with van der Waals surface area (Å²) < 4.78 is 10.7. The minimum Gasteiger partial charge on any atom is -0.453 e. The summed E-state index contributed by atoms with van der Waals surface area (Å²) in [5.74, 6) is -1.16. The molecule has 0 saturated carbocycles. The number of rotatable bonds is 6. The van der Waals surface area contributed by atoms with Crippen molar-refractivity contribution in [3.63, 3.8) is 0 Å². The predicted octanol–water partition coefficient (Wildman–Crippen LogP) is 5.67. The van der Waals surface area contributed by atoms with Crippen molar-refractivity contribution in [2.75, 3.05) is 6.61 Å². The van der Waals surface area contributed by atoms with Crippen LogP contribution in [0.3, 0.4) is 0 Å². The standard InChI is InChI=1S/C25H28O4/c1-6-16(2)24(27)28-15-22(26)29-25(4,5)20-12-13-21-19(14-20)11-10-18-9-7-8-17(3)23(18)21/h7-14,16H,6,15H2,1-5H3. The van der Waals surface area contributed by atoms with Gasteiger partial charge >= 0.3 is 11.9 Å². The van der Waals surface area contributed by atoms with Crippen LogP contribution in [0.15, 0.2) is 48.5 Å². The van der Waals surface area contributed by atoms with E-state index in [0.717, 1.165) is 10.9 Å². The van der Waals surface area contributed by atoms with Crippen molar-refractivity contribution in [3.8, 4) is 0 Å². The highest BCUT2D eigenvalue weighted by molar-refractivity contribution is 6.09. The molecule has 0 saturated heterocycles. The summed E-state index contributed by atoms with van der Waals surface area (Å²) in [5, 5.41) is 4.72. The Balaban J connectivity index is 1.81. The lowest BCUT2D eigenvalue weighted by Crippen LogP contribution is -2.29. The monoisotopic (exact) mass is 392 g/mol. The fourth-order valence-electron chi connectivity index (χ4n) is 3.49. The predicted molar refractivity (Wildman–Crippen MR) is 116 cm³/mol. The first-order valence-corrected chi connectivity index (χ1v) is 10.0. The molecule has 0 radical (unpaired) electrons. The van der Waals surface area contributed by atoms with Crippen LogP contribution in [0.4, 0.5) is 0 Å². The summed E-state index contributed by atoms with van der Waals surface area (Å²) >= 11 is 0. The van der Waals surface area contributed by atoms with Crippen LogP contribution in [0.5, 0.6) is 0 Å². The molecule has 3 aromatic rings. The van der Waals surface area contributed by atoms with E-state index in [0.29, 0.717) is 6.42 Å². The number of hydrogen-bond donors (Lipinski definition) is 0. The molecule has 0 bridgehead atoms. The maximum absolute atomic E-state index is 12.2. The summed E-state index contributed by atoms with van der Waals surface area (Å²) in [5.41, 5.74) is 1.28. The van der Waals surface area contributed by atoms with Crippen LogP contribution in [-0.4, -0.2) is 18.5 Å². The Morgan fingerprint density at radius 3 is 2.48 bits per heavy atom. The summed E-state index contributed by atoms with van der Waals surface area (Å²) in [4.78, 5) is 24.0. The number of ether oxygens (including phenoxy) is 2. The fraction of sp³-hybridized carbons (Fsp3) is 0.360. The lowest BCUT2D eigenvalue weighted by Gasteiger charge is -2.26. The van der Waals surface area contributed by atoms with Gasteiger partial charge in [-0.15, -0.1) is 0 Å². The zero-order chi connectivity index (χ0) is 21.2. The van der Waals surface area contributed by atoms with E-state index in [4.69, 9.17) is 9.47 Å². The van der Waals surface area contributed by atoms with Gasteiger partial charge in [0.1, 0.15) is 5.60 Å². The minimum absolute atomic E-state index is 0.227. The molecule has 3 aromatic carbocycles. The van der Waals surface area contributed by atoms with Crippen LogP contribution in [0.1, 0.15) is 45.2 Å². The van der Waals surface area contributed by atoms with Gasteiger partial charge in [-0.05, 0) is 65.9 Å². The van der Waals surface area contributed by atoms with E-state index in [-0.39, 0.29) is 18.5 Å². The first kappa shape index (κ1) is 20.8. The molecule has 29 heavy (non-hydrogen) atoms. The average molecular weight is 392 g/mol. The van der Waals surface area contributed by atoms with Gasteiger partial charge in [-0.2, -0.15) is 0 Å². The zero-order valence-corrected chi connectivity index (χ0v) is 17.7. The van der Waals surface area contributed by atoms with Crippen LogP contribution in [0.2, 0.25) is 0 Å². The Morgan fingerprint density at radius 2 is 1.76 bits per heavy atom. The van der Waals surface area contributed by atoms with Crippen molar-refractivity contribution in [1.29, 1.82) is 0 Å². The maximum Gasteiger partial charge on any atom is 0.345 e. The first-order chi connectivity index (χ1) is 13.7. The molecule has 4 nitrogen and oxygen atoms in total. The maximum atomic E-state index is 12.2. The fourth-order valence-corrected chi connectivity index (χ4v) is 3.49. The summed E-state index contributed by atoms with van der Waals surface area (Å²) in [6.45, 7) is 9.10. The Kier molecular flexibility index (Phi) is 5.92. The summed E-state index contributed by atoms with van der Waals surface area (Å²) in [6, 6.07) is 16.6. The molecular weight excluding hydrogens is 364 g/mol. The highest BCUT2D eigenvalue weighted by atomic mass is 16.6. The van der Waals surface area contributed by atoms with Crippen molar-refractivity contribution in [2.45, 2.75) is 46.6 Å². The van der Waals surface area contributed by atoms with Gasteiger partial charge in [0, 0.05) is 0 Å². The van der Waals surface area contributed by atoms with Gasteiger partial charge in [-0.3, -0.25) is 4.79 Å². The molecule has 0 fully saturated rings. The molecule has 4 heteroatoms. The van der Waals surface area contributed by atoms with Gasteiger partial charge in [0.15, 0.2) is 6.61 Å². The van der Waals surface area contributed by atoms with Gasteiger partial charge in [0.2, 0.25) is 0 Å².